The largest absolute Gasteiger partial charge is 0.481 e. The number of hydrogen-bond donors (Lipinski definition) is 2. The first-order valence-electron chi connectivity index (χ1n) is 6.57. The van der Waals surface area contributed by atoms with Gasteiger partial charge in [-0.1, -0.05) is 12.1 Å². The summed E-state index contributed by atoms with van der Waals surface area (Å²) in [6.07, 6.45) is 0. The lowest BCUT2D eigenvalue weighted by atomic mass is 9.74. The summed E-state index contributed by atoms with van der Waals surface area (Å²) in [6.45, 7) is 7.87. The molecule has 0 aliphatic carbocycles. The van der Waals surface area contributed by atoms with Crippen LogP contribution in [0.3, 0.4) is 0 Å². The maximum absolute atomic E-state index is 11.4. The molecule has 0 saturated carbocycles. The van der Waals surface area contributed by atoms with Gasteiger partial charge in [0.1, 0.15) is 5.01 Å². The molecule has 1 aromatic heterocycles. The molecule has 0 fully saturated rings. The van der Waals surface area contributed by atoms with Crippen LogP contribution in [0.2, 0.25) is 0 Å². The average molecular weight is 292 g/mol. The minimum absolute atomic E-state index is 0.531. The number of nitrogens with one attached hydrogen (secondary N) is 1. The van der Waals surface area contributed by atoms with Gasteiger partial charge >= 0.3 is 5.97 Å². The Morgan fingerprint density at radius 3 is 2.55 bits per heavy atom. The molecule has 2 aromatic rings. The summed E-state index contributed by atoms with van der Waals surface area (Å²) in [5.74, 6) is -0.806. The molecule has 4 nitrogen and oxygen atoms in total. The van der Waals surface area contributed by atoms with E-state index in [0.29, 0.717) is 6.54 Å². The summed E-state index contributed by atoms with van der Waals surface area (Å²) in [5, 5.41) is 13.6. The highest BCUT2D eigenvalue weighted by molar-refractivity contribution is 7.18. The number of para-hydroxylation sites is 1. The fourth-order valence-electron chi connectivity index (χ4n) is 1.78. The van der Waals surface area contributed by atoms with Gasteiger partial charge in [0.2, 0.25) is 0 Å². The molecule has 0 amide bonds. The van der Waals surface area contributed by atoms with Gasteiger partial charge in [-0.2, -0.15) is 0 Å². The molecule has 2 N–H and O–H groups in total. The van der Waals surface area contributed by atoms with Gasteiger partial charge in [-0.15, -0.1) is 11.3 Å². The first kappa shape index (κ1) is 14.9. The molecule has 108 valence electrons. The van der Waals surface area contributed by atoms with Gasteiger partial charge in [-0.3, -0.25) is 4.79 Å². The van der Waals surface area contributed by atoms with Crippen molar-refractivity contribution in [3.05, 3.63) is 29.3 Å². The third-order valence-corrected chi connectivity index (χ3v) is 5.15. The van der Waals surface area contributed by atoms with E-state index in [1.54, 1.807) is 25.2 Å². The number of aromatic nitrogens is 1. The molecule has 0 spiro atoms. The predicted molar refractivity (Wildman–Crippen MR) is 82.0 cm³/mol. The molecule has 0 aliphatic heterocycles. The second-order valence-electron chi connectivity index (χ2n) is 5.98. The highest BCUT2D eigenvalue weighted by atomic mass is 32.1. The first-order chi connectivity index (χ1) is 9.24. The molecular weight excluding hydrogens is 272 g/mol. The van der Waals surface area contributed by atoms with E-state index in [4.69, 9.17) is 0 Å². The summed E-state index contributed by atoms with van der Waals surface area (Å²) >= 11 is 1.64. The van der Waals surface area contributed by atoms with Crippen LogP contribution in [0.1, 0.15) is 32.7 Å². The number of benzene rings is 1. The normalized spacial score (nSPS) is 12.8. The van der Waals surface area contributed by atoms with Crippen molar-refractivity contribution in [2.45, 2.75) is 39.8 Å². The lowest BCUT2D eigenvalue weighted by Gasteiger charge is -2.38. The Hall–Kier alpha value is -1.46. The Balaban J connectivity index is 2.13. The molecule has 1 heterocycles. The van der Waals surface area contributed by atoms with E-state index in [1.165, 1.54) is 0 Å². The molecule has 0 atom stereocenters. The summed E-state index contributed by atoms with van der Waals surface area (Å²) in [7, 11) is 0. The van der Waals surface area contributed by atoms with E-state index in [9.17, 15) is 9.90 Å². The van der Waals surface area contributed by atoms with Gasteiger partial charge in [0.05, 0.1) is 15.6 Å². The minimum Gasteiger partial charge on any atom is -0.481 e. The Morgan fingerprint density at radius 2 is 1.95 bits per heavy atom. The Labute approximate surface area is 122 Å². The van der Waals surface area contributed by atoms with Crippen molar-refractivity contribution in [2.24, 2.45) is 5.41 Å². The number of fused-ring (bicyclic) bond motifs is 1. The van der Waals surface area contributed by atoms with Gasteiger partial charge in [0.15, 0.2) is 0 Å². The van der Waals surface area contributed by atoms with Crippen LogP contribution < -0.4 is 5.32 Å². The summed E-state index contributed by atoms with van der Waals surface area (Å²) < 4.78 is 1.15. The maximum atomic E-state index is 11.4. The van der Waals surface area contributed by atoms with Gasteiger partial charge in [0, 0.05) is 12.1 Å². The lowest BCUT2D eigenvalue weighted by Crippen LogP contribution is -2.54. The van der Waals surface area contributed by atoms with E-state index in [-0.39, 0.29) is 0 Å². The third kappa shape index (κ3) is 2.69. The highest BCUT2D eigenvalue weighted by Crippen LogP contribution is 2.31. The number of aliphatic carboxylic acids is 1. The average Bonchev–Trinajstić information content (AvgIpc) is 2.78. The number of carbonyl (C=O) groups is 1. The van der Waals surface area contributed by atoms with Crippen molar-refractivity contribution in [3.8, 4) is 0 Å². The van der Waals surface area contributed by atoms with Crippen LogP contribution in [0, 0.1) is 5.41 Å². The second kappa shape index (κ2) is 5.14. The van der Waals surface area contributed by atoms with Crippen molar-refractivity contribution in [3.63, 3.8) is 0 Å². The number of thiazole rings is 1. The summed E-state index contributed by atoms with van der Waals surface area (Å²) in [6, 6.07) is 8.00. The number of carboxylic acid groups (broad SMARTS) is 1. The molecule has 20 heavy (non-hydrogen) atoms. The Kier molecular flexibility index (Phi) is 3.84. The monoisotopic (exact) mass is 292 g/mol. The predicted octanol–water partition coefficient (Wildman–Crippen LogP) is 3.28. The SMILES string of the molecule is CC(C)(NCc1nc2ccccc2s1)C(C)(C)C(=O)O. The van der Waals surface area contributed by atoms with Crippen LogP contribution in [0.5, 0.6) is 0 Å². The minimum atomic E-state index is -0.857. The number of nitrogens with zero attached hydrogens (tertiary/aromatic N) is 1. The van der Waals surface area contributed by atoms with E-state index >= 15 is 0 Å². The van der Waals surface area contributed by atoms with Crippen molar-refractivity contribution >= 4 is 27.5 Å². The molecule has 0 bridgehead atoms. The zero-order valence-corrected chi connectivity index (χ0v) is 13.0. The van der Waals surface area contributed by atoms with Crippen molar-refractivity contribution in [1.82, 2.24) is 10.3 Å². The maximum Gasteiger partial charge on any atom is 0.310 e. The fourth-order valence-corrected chi connectivity index (χ4v) is 2.69. The Bertz CT molecular complexity index is 599. The lowest BCUT2D eigenvalue weighted by molar-refractivity contribution is -0.151. The molecular formula is C15H20N2O2S. The quantitative estimate of drug-likeness (QED) is 0.888. The van der Waals surface area contributed by atoms with Crippen molar-refractivity contribution in [1.29, 1.82) is 0 Å². The van der Waals surface area contributed by atoms with Crippen molar-refractivity contribution in [2.75, 3.05) is 0 Å². The van der Waals surface area contributed by atoms with Crippen LogP contribution in [0.4, 0.5) is 0 Å². The zero-order valence-electron chi connectivity index (χ0n) is 12.2. The van der Waals surface area contributed by atoms with Gasteiger partial charge < -0.3 is 10.4 Å². The molecule has 0 radical (unpaired) electrons. The van der Waals surface area contributed by atoms with Gasteiger partial charge in [0.25, 0.3) is 0 Å². The first-order valence-corrected chi connectivity index (χ1v) is 7.38. The molecule has 0 unspecified atom stereocenters. The van der Waals surface area contributed by atoms with Gasteiger partial charge in [-0.05, 0) is 39.8 Å². The topological polar surface area (TPSA) is 62.2 Å². The molecule has 0 aliphatic rings. The van der Waals surface area contributed by atoms with E-state index < -0.39 is 16.9 Å². The molecule has 1 aromatic carbocycles. The van der Waals surface area contributed by atoms with Gasteiger partial charge in [-0.25, -0.2) is 4.98 Å². The molecule has 0 saturated heterocycles. The van der Waals surface area contributed by atoms with Crippen LogP contribution >= 0.6 is 11.3 Å². The fraction of sp³-hybridized carbons (Fsp3) is 0.467. The van der Waals surface area contributed by atoms with Crippen LogP contribution in [-0.2, 0) is 11.3 Å². The number of hydrogen-bond acceptors (Lipinski definition) is 4. The van der Waals surface area contributed by atoms with E-state index in [1.807, 2.05) is 38.1 Å². The number of carboxylic acids is 1. The Morgan fingerprint density at radius 1 is 1.30 bits per heavy atom. The zero-order chi connectivity index (χ0) is 15.0. The van der Waals surface area contributed by atoms with E-state index in [0.717, 1.165) is 15.2 Å². The summed E-state index contributed by atoms with van der Waals surface area (Å²) in [5.41, 5.74) is -0.398. The highest BCUT2D eigenvalue weighted by Gasteiger charge is 2.43. The molecule has 5 heteroatoms. The van der Waals surface area contributed by atoms with Crippen LogP contribution in [0.25, 0.3) is 10.2 Å². The molecule has 2 rings (SSSR count). The summed E-state index contributed by atoms with van der Waals surface area (Å²) in [4.78, 5) is 15.9. The van der Waals surface area contributed by atoms with E-state index in [2.05, 4.69) is 10.3 Å². The third-order valence-electron chi connectivity index (χ3n) is 4.12. The van der Waals surface area contributed by atoms with Crippen molar-refractivity contribution < 1.29 is 9.90 Å². The second-order valence-corrected chi connectivity index (χ2v) is 7.10. The van der Waals surface area contributed by atoms with Crippen LogP contribution in [-0.4, -0.2) is 21.6 Å². The van der Waals surface area contributed by atoms with Crippen LogP contribution in [0.15, 0.2) is 24.3 Å². The standard InChI is InChI=1S/C15H20N2O2S/c1-14(2,13(18)19)15(3,4)16-9-12-17-10-7-5-6-8-11(10)20-12/h5-8,16H,9H2,1-4H3,(H,18,19). The smallest absolute Gasteiger partial charge is 0.310 e. The number of rotatable bonds is 5.